The van der Waals surface area contributed by atoms with Crippen LogP contribution >= 0.6 is 0 Å². The molecule has 0 amide bonds. The van der Waals surface area contributed by atoms with E-state index in [1.165, 1.54) is 11.1 Å². The van der Waals surface area contributed by atoms with Crippen molar-refractivity contribution >= 4 is 0 Å². The molecule has 16 heavy (non-hydrogen) atoms. The summed E-state index contributed by atoms with van der Waals surface area (Å²) < 4.78 is 5.63. The summed E-state index contributed by atoms with van der Waals surface area (Å²) >= 11 is 0. The molecule has 2 heteroatoms. The molecule has 90 valence electrons. The van der Waals surface area contributed by atoms with Crippen molar-refractivity contribution < 1.29 is 4.74 Å². The van der Waals surface area contributed by atoms with Gasteiger partial charge in [-0.05, 0) is 33.3 Å². The van der Waals surface area contributed by atoms with Crippen molar-refractivity contribution in [3.63, 3.8) is 0 Å². The first-order valence-corrected chi connectivity index (χ1v) is 5.94. The Morgan fingerprint density at radius 3 is 2.69 bits per heavy atom. The summed E-state index contributed by atoms with van der Waals surface area (Å²) in [6.45, 7) is 10.9. The number of aryl methyl sites for hydroxylation is 1. The maximum Gasteiger partial charge on any atom is 0.0750 e. The molecule has 0 fully saturated rings. The van der Waals surface area contributed by atoms with E-state index in [1.807, 2.05) is 6.92 Å². The first kappa shape index (κ1) is 13.2. The average Bonchev–Trinajstić information content (AvgIpc) is 2.17. The van der Waals surface area contributed by atoms with Crippen LogP contribution < -0.4 is 5.32 Å². The van der Waals surface area contributed by atoms with Crippen LogP contribution in [-0.4, -0.2) is 18.8 Å². The van der Waals surface area contributed by atoms with Crippen LogP contribution in [0.15, 0.2) is 24.3 Å². The minimum atomic E-state index is -0.0847. The third-order valence-electron chi connectivity index (χ3n) is 2.50. The van der Waals surface area contributed by atoms with Gasteiger partial charge in [0.05, 0.1) is 5.60 Å². The highest BCUT2D eigenvalue weighted by Crippen LogP contribution is 2.08. The minimum Gasteiger partial charge on any atom is -0.375 e. The van der Waals surface area contributed by atoms with E-state index in [-0.39, 0.29) is 5.60 Å². The van der Waals surface area contributed by atoms with Gasteiger partial charge >= 0.3 is 0 Å². The average molecular weight is 221 g/mol. The van der Waals surface area contributed by atoms with Gasteiger partial charge < -0.3 is 10.1 Å². The Kier molecular flexibility index (Phi) is 4.97. The lowest BCUT2D eigenvalue weighted by atomic mass is 10.1. The van der Waals surface area contributed by atoms with Gasteiger partial charge in [0.25, 0.3) is 0 Å². The molecule has 0 aliphatic heterocycles. The van der Waals surface area contributed by atoms with Crippen molar-refractivity contribution in [1.82, 2.24) is 5.32 Å². The molecule has 0 saturated carbocycles. The van der Waals surface area contributed by atoms with Gasteiger partial charge in [-0.2, -0.15) is 0 Å². The Labute approximate surface area is 99.0 Å². The predicted molar refractivity (Wildman–Crippen MR) is 68.6 cm³/mol. The van der Waals surface area contributed by atoms with E-state index in [0.29, 0.717) is 0 Å². The molecule has 0 aliphatic rings. The number of hydrogen-bond donors (Lipinski definition) is 1. The summed E-state index contributed by atoms with van der Waals surface area (Å²) in [4.78, 5) is 0. The van der Waals surface area contributed by atoms with E-state index in [9.17, 15) is 0 Å². The van der Waals surface area contributed by atoms with Gasteiger partial charge in [-0.1, -0.05) is 29.8 Å². The standard InChI is InChI=1S/C14H23NO/c1-5-16-14(3,4)11-15-10-13-8-6-7-12(2)9-13/h6-9,15H,5,10-11H2,1-4H3. The van der Waals surface area contributed by atoms with Gasteiger partial charge in [-0.15, -0.1) is 0 Å². The Morgan fingerprint density at radius 2 is 2.06 bits per heavy atom. The molecule has 1 rings (SSSR count). The molecule has 1 N–H and O–H groups in total. The molecule has 0 aliphatic carbocycles. The van der Waals surface area contributed by atoms with Crippen LogP contribution in [0.3, 0.4) is 0 Å². The molecule has 0 unspecified atom stereocenters. The second-order valence-electron chi connectivity index (χ2n) is 4.79. The second kappa shape index (κ2) is 6.02. The Hall–Kier alpha value is -0.860. The van der Waals surface area contributed by atoms with E-state index < -0.39 is 0 Å². The highest BCUT2D eigenvalue weighted by molar-refractivity contribution is 5.21. The lowest BCUT2D eigenvalue weighted by Gasteiger charge is -2.25. The van der Waals surface area contributed by atoms with E-state index in [0.717, 1.165) is 19.7 Å². The van der Waals surface area contributed by atoms with Gasteiger partial charge in [0.15, 0.2) is 0 Å². The van der Waals surface area contributed by atoms with Crippen LogP contribution in [-0.2, 0) is 11.3 Å². The Morgan fingerprint density at radius 1 is 1.31 bits per heavy atom. The van der Waals surface area contributed by atoms with Gasteiger partial charge in [0.1, 0.15) is 0 Å². The van der Waals surface area contributed by atoms with Gasteiger partial charge in [-0.25, -0.2) is 0 Å². The topological polar surface area (TPSA) is 21.3 Å². The lowest BCUT2D eigenvalue weighted by Crippen LogP contribution is -2.37. The van der Waals surface area contributed by atoms with Crippen molar-refractivity contribution in [1.29, 1.82) is 0 Å². The SMILES string of the molecule is CCOC(C)(C)CNCc1cccc(C)c1. The van der Waals surface area contributed by atoms with Crippen LogP contribution in [0.4, 0.5) is 0 Å². The quantitative estimate of drug-likeness (QED) is 0.797. The first-order chi connectivity index (χ1) is 7.53. The zero-order chi connectivity index (χ0) is 12.0. The Balaban J connectivity index is 2.35. The summed E-state index contributed by atoms with van der Waals surface area (Å²) in [5.74, 6) is 0. The monoisotopic (exact) mass is 221 g/mol. The third kappa shape index (κ3) is 4.77. The van der Waals surface area contributed by atoms with Crippen LogP contribution in [0.25, 0.3) is 0 Å². The van der Waals surface area contributed by atoms with E-state index in [4.69, 9.17) is 4.74 Å². The predicted octanol–water partition coefficient (Wildman–Crippen LogP) is 2.90. The summed E-state index contributed by atoms with van der Waals surface area (Å²) in [5.41, 5.74) is 2.55. The molecule has 0 atom stereocenters. The fraction of sp³-hybridized carbons (Fsp3) is 0.571. The minimum absolute atomic E-state index is 0.0847. The summed E-state index contributed by atoms with van der Waals surface area (Å²) in [6.07, 6.45) is 0. The van der Waals surface area contributed by atoms with Crippen molar-refractivity contribution in [3.05, 3.63) is 35.4 Å². The highest BCUT2D eigenvalue weighted by Gasteiger charge is 2.16. The zero-order valence-electron chi connectivity index (χ0n) is 10.8. The molecule has 0 bridgehead atoms. The summed E-state index contributed by atoms with van der Waals surface area (Å²) in [5, 5.41) is 3.43. The van der Waals surface area contributed by atoms with Crippen molar-refractivity contribution in [2.24, 2.45) is 0 Å². The fourth-order valence-corrected chi connectivity index (χ4v) is 1.77. The highest BCUT2D eigenvalue weighted by atomic mass is 16.5. The zero-order valence-corrected chi connectivity index (χ0v) is 10.8. The largest absolute Gasteiger partial charge is 0.375 e. The molecule has 1 aromatic carbocycles. The maximum atomic E-state index is 5.63. The molecule has 0 aromatic heterocycles. The van der Waals surface area contributed by atoms with Crippen LogP contribution in [0.1, 0.15) is 31.9 Å². The van der Waals surface area contributed by atoms with E-state index in [1.54, 1.807) is 0 Å². The molecule has 0 heterocycles. The molecule has 0 radical (unpaired) electrons. The van der Waals surface area contributed by atoms with Crippen LogP contribution in [0, 0.1) is 6.92 Å². The maximum absolute atomic E-state index is 5.63. The van der Waals surface area contributed by atoms with E-state index in [2.05, 4.69) is 50.4 Å². The molecule has 0 spiro atoms. The summed E-state index contributed by atoms with van der Waals surface area (Å²) in [7, 11) is 0. The fourth-order valence-electron chi connectivity index (χ4n) is 1.77. The molecule has 2 nitrogen and oxygen atoms in total. The van der Waals surface area contributed by atoms with Gasteiger partial charge in [0, 0.05) is 19.7 Å². The molecular weight excluding hydrogens is 198 g/mol. The molecule has 1 aromatic rings. The Bertz CT molecular complexity index is 320. The molecule has 0 saturated heterocycles. The number of benzene rings is 1. The third-order valence-corrected chi connectivity index (χ3v) is 2.50. The smallest absolute Gasteiger partial charge is 0.0750 e. The van der Waals surface area contributed by atoms with Crippen molar-refractivity contribution in [2.75, 3.05) is 13.2 Å². The normalized spacial score (nSPS) is 11.8. The van der Waals surface area contributed by atoms with Gasteiger partial charge in [0.2, 0.25) is 0 Å². The number of hydrogen-bond acceptors (Lipinski definition) is 2. The molecular formula is C14H23NO. The lowest BCUT2D eigenvalue weighted by molar-refractivity contribution is -0.00897. The number of nitrogens with one attached hydrogen (secondary N) is 1. The van der Waals surface area contributed by atoms with Crippen molar-refractivity contribution in [3.8, 4) is 0 Å². The van der Waals surface area contributed by atoms with E-state index >= 15 is 0 Å². The van der Waals surface area contributed by atoms with Gasteiger partial charge in [-0.3, -0.25) is 0 Å². The number of rotatable bonds is 6. The summed E-state index contributed by atoms with van der Waals surface area (Å²) in [6, 6.07) is 8.57. The van der Waals surface area contributed by atoms with Crippen LogP contribution in [0.2, 0.25) is 0 Å². The number of ether oxygens (including phenoxy) is 1. The van der Waals surface area contributed by atoms with Crippen LogP contribution in [0.5, 0.6) is 0 Å². The second-order valence-corrected chi connectivity index (χ2v) is 4.79. The van der Waals surface area contributed by atoms with Crippen molar-refractivity contribution in [2.45, 2.75) is 39.8 Å². The first-order valence-electron chi connectivity index (χ1n) is 5.94.